The summed E-state index contributed by atoms with van der Waals surface area (Å²) >= 11 is 0. The maximum absolute atomic E-state index is 2.49. The Morgan fingerprint density at radius 3 is 2.25 bits per heavy atom. The van der Waals surface area contributed by atoms with Gasteiger partial charge in [-0.25, -0.2) is 0 Å². The van der Waals surface area contributed by atoms with E-state index >= 15 is 0 Å². The predicted molar refractivity (Wildman–Crippen MR) is 25.0 cm³/mol. The lowest BCUT2D eigenvalue weighted by Crippen LogP contribution is -1.73. The van der Waals surface area contributed by atoms with Gasteiger partial charge in [0.15, 0.2) is 6.43 Å². The van der Waals surface area contributed by atoms with Gasteiger partial charge < -0.3 is 0 Å². The highest BCUT2D eigenvalue weighted by Crippen LogP contribution is 2.56. The van der Waals surface area contributed by atoms with Crippen molar-refractivity contribution < 1.29 is 0 Å². The highest BCUT2D eigenvalue weighted by molar-refractivity contribution is 8.24. The summed E-state index contributed by atoms with van der Waals surface area (Å²) in [5.41, 5.74) is 2.49. The highest BCUT2D eigenvalue weighted by Gasteiger charge is 2.42. The van der Waals surface area contributed by atoms with E-state index < -0.39 is 0 Å². The van der Waals surface area contributed by atoms with Crippen LogP contribution in [0.2, 0.25) is 0 Å². The molecule has 4 heavy (non-hydrogen) atoms. The fourth-order valence-corrected chi connectivity index (χ4v) is 1.82. The smallest absolute Gasteiger partial charge is 0.157 e. The molecule has 0 N–H and O–H groups in total. The second-order valence-electron chi connectivity index (χ2n) is 1.55. The van der Waals surface area contributed by atoms with Gasteiger partial charge in [-0.1, -0.05) is 6.06 Å². The molecule has 0 aromatic heterocycles. The Kier molecular flexibility index (Phi) is 0.115. The summed E-state index contributed by atoms with van der Waals surface area (Å²) in [5.74, 6) is 0. The van der Waals surface area contributed by atoms with Gasteiger partial charge in [0.05, 0.1) is 0 Å². The second kappa shape index (κ2) is 0.269. The molecular formula is C2H4BP. The fourth-order valence-electron chi connectivity index (χ4n) is 0.372. The van der Waals surface area contributed by atoms with Crippen molar-refractivity contribution in [2.45, 2.75) is 0 Å². The second-order valence-corrected chi connectivity index (χ2v) is 4.19. The molecule has 0 spiro atoms. The molecule has 2 aliphatic heterocycles. The third-order valence-electron chi connectivity index (χ3n) is 1.08. The van der Waals surface area contributed by atoms with E-state index in [-0.39, 0.29) is 0 Å². The molecule has 0 nitrogen and oxygen atoms in total. The normalized spacial score (nSPS) is 46.0. The summed E-state index contributed by atoms with van der Waals surface area (Å²) in [5, 5.41) is 0. The molecule has 2 heteroatoms. The van der Waals surface area contributed by atoms with Crippen molar-refractivity contribution in [3.8, 4) is 0 Å². The van der Waals surface area contributed by atoms with E-state index in [4.69, 9.17) is 0 Å². The molecule has 0 aromatic rings. The van der Waals surface area contributed by atoms with Crippen LogP contribution in [0.1, 0.15) is 0 Å². The Morgan fingerprint density at radius 1 is 2.00 bits per heavy atom. The van der Waals surface area contributed by atoms with E-state index in [2.05, 4.69) is 5.70 Å². The minimum Gasteiger partial charge on any atom is -0.157 e. The summed E-state index contributed by atoms with van der Waals surface area (Å²) in [7, 11) is 0.412. The molecule has 0 radical (unpaired) electrons. The molecule has 0 bridgehead atoms. The monoisotopic (exact) mass is 70.0 g/mol. The Morgan fingerprint density at radius 2 is 2.25 bits per heavy atom. The van der Waals surface area contributed by atoms with Gasteiger partial charge in [-0.15, -0.1) is 5.70 Å². The van der Waals surface area contributed by atoms with Crippen molar-refractivity contribution in [2.75, 3.05) is 6.06 Å². The summed E-state index contributed by atoms with van der Waals surface area (Å²) in [6, 6.07) is 1.63. The first-order chi connectivity index (χ1) is 1.97. The minimum absolute atomic E-state index is 0.412. The van der Waals surface area contributed by atoms with Crippen molar-refractivity contribution in [2.24, 2.45) is 0 Å². The molecule has 1 saturated heterocycles. The first-order valence-corrected chi connectivity index (χ1v) is 3.53. The Labute approximate surface area is 26.6 Å². The lowest BCUT2D eigenvalue weighted by Gasteiger charge is -1.47. The van der Waals surface area contributed by atoms with Crippen LogP contribution in [0.15, 0.2) is 0 Å². The van der Waals surface area contributed by atoms with Gasteiger partial charge in [0.1, 0.15) is 0 Å². The van der Waals surface area contributed by atoms with E-state index in [0.29, 0.717) is 7.42 Å². The van der Waals surface area contributed by atoms with Crippen molar-refractivity contribution in [3.63, 3.8) is 0 Å². The van der Waals surface area contributed by atoms with Crippen LogP contribution >= 0.6 is 7.42 Å². The Balaban J connectivity index is 2.85. The Bertz CT molecular complexity index is 86.0. The molecule has 2 aliphatic rings. The van der Waals surface area contributed by atoms with E-state index in [1.807, 2.05) is 0 Å². The van der Waals surface area contributed by atoms with E-state index in [1.54, 1.807) is 6.06 Å². The molecule has 1 fully saturated rings. The molecule has 0 saturated carbocycles. The van der Waals surface area contributed by atoms with Crippen LogP contribution < -0.4 is 0 Å². The van der Waals surface area contributed by atoms with Crippen molar-refractivity contribution in [1.82, 2.24) is 0 Å². The van der Waals surface area contributed by atoms with Gasteiger partial charge >= 0.3 is 0 Å². The Hall–Kier alpha value is 0.365. The quantitative estimate of drug-likeness (QED) is 0.280. The molecule has 0 aliphatic carbocycles. The standard InChI is InChI=1S/C2H4BP/c1-3-2-4(1)3/h1,4H,2H2. The van der Waals surface area contributed by atoms with Crippen LogP contribution in [-0.4, -0.2) is 18.2 Å². The van der Waals surface area contributed by atoms with Crippen LogP contribution in [0.25, 0.3) is 0 Å². The molecule has 0 amide bonds. The fraction of sp³-hybridized carbons (Fsp3) is 0.500. The van der Waals surface area contributed by atoms with E-state index in [9.17, 15) is 0 Å². The largest absolute Gasteiger partial charge is 0.194 e. The summed E-state index contributed by atoms with van der Waals surface area (Å²) in [6.45, 7) is 0. The first kappa shape index (κ1) is 1.72. The van der Waals surface area contributed by atoms with Gasteiger partial charge in [-0.05, 0) is 0 Å². The SMILES string of the molecule is C1=[PH]2CB12. The third-order valence-corrected chi connectivity index (χ3v) is 3.23. The van der Waals surface area contributed by atoms with Crippen LogP contribution in [0.4, 0.5) is 0 Å². The molecule has 1 atom stereocenters. The lowest BCUT2D eigenvalue weighted by atomic mass is 9.87. The molecular weight excluding hydrogens is 65.8 g/mol. The molecule has 2 rings (SSSR count). The highest BCUT2D eigenvalue weighted by atomic mass is 31.1. The number of fused-ring (bicyclic) bond motifs is 1. The van der Waals surface area contributed by atoms with Gasteiger partial charge in [0.2, 0.25) is 0 Å². The minimum atomic E-state index is 0.412. The van der Waals surface area contributed by atoms with E-state index in [1.165, 1.54) is 6.43 Å². The van der Waals surface area contributed by atoms with Crippen molar-refractivity contribution in [1.29, 1.82) is 0 Å². The maximum Gasteiger partial charge on any atom is 0.194 e. The van der Waals surface area contributed by atoms with Crippen LogP contribution in [0.3, 0.4) is 0 Å². The predicted octanol–water partition coefficient (Wildman–Crippen LogP) is 0.0999. The zero-order valence-electron chi connectivity index (χ0n) is 2.36. The molecule has 1 unspecified atom stereocenters. The maximum atomic E-state index is 2.49. The molecule has 2 heterocycles. The number of hydrogen-bond acceptors (Lipinski definition) is 0. The summed E-state index contributed by atoms with van der Waals surface area (Å²) in [4.78, 5) is 0. The van der Waals surface area contributed by atoms with Crippen LogP contribution in [0, 0.1) is 0 Å². The van der Waals surface area contributed by atoms with Crippen LogP contribution in [0.5, 0.6) is 0 Å². The van der Waals surface area contributed by atoms with E-state index in [0.717, 1.165) is 0 Å². The number of rotatable bonds is 0. The van der Waals surface area contributed by atoms with Crippen molar-refractivity contribution in [3.05, 3.63) is 0 Å². The zero-order valence-corrected chi connectivity index (χ0v) is 3.36. The molecule has 0 aromatic carbocycles. The third kappa shape index (κ3) is 0.0630. The van der Waals surface area contributed by atoms with Gasteiger partial charge in [0, 0.05) is 0 Å². The van der Waals surface area contributed by atoms with Crippen LogP contribution in [-0.2, 0) is 0 Å². The average molecular weight is 69.8 g/mol. The first-order valence-electron chi connectivity index (χ1n) is 1.67. The average Bonchev–Trinajstić information content (AvgIpc) is 1.36. The molecule has 20 valence electrons. The van der Waals surface area contributed by atoms with Gasteiger partial charge in [0.25, 0.3) is 0 Å². The summed E-state index contributed by atoms with van der Waals surface area (Å²) in [6.07, 6.45) is 1.23. The number of hydrogen-bond donors (Lipinski definition) is 0. The van der Waals surface area contributed by atoms with Gasteiger partial charge in [-0.2, -0.15) is 7.42 Å². The summed E-state index contributed by atoms with van der Waals surface area (Å²) < 4.78 is 0. The van der Waals surface area contributed by atoms with Gasteiger partial charge in [-0.3, -0.25) is 0 Å². The topological polar surface area (TPSA) is 0 Å². The zero-order chi connectivity index (χ0) is 2.57. The lowest BCUT2D eigenvalue weighted by molar-refractivity contribution is 2.29. The van der Waals surface area contributed by atoms with Crippen molar-refractivity contribution >= 4 is 19.6 Å².